The highest BCUT2D eigenvalue weighted by molar-refractivity contribution is 6.35. The van der Waals surface area contributed by atoms with Crippen LogP contribution >= 0.6 is 11.6 Å². The van der Waals surface area contributed by atoms with Gasteiger partial charge in [-0.1, -0.05) is 35.9 Å². The number of piperazine rings is 1. The first-order chi connectivity index (χ1) is 19.8. The van der Waals surface area contributed by atoms with Crippen LogP contribution in [-0.2, 0) is 0 Å². The lowest BCUT2D eigenvalue weighted by Gasteiger charge is -2.34. The molecule has 1 saturated carbocycles. The molecule has 2 bridgehead atoms. The molecule has 0 spiro atoms. The van der Waals surface area contributed by atoms with Crippen LogP contribution < -0.4 is 15.0 Å². The second-order valence-corrected chi connectivity index (χ2v) is 12.4. The monoisotopic (exact) mass is 574 g/mol. The fraction of sp³-hybridized carbons (Fsp3) is 0.406. The Kier molecular flexibility index (Phi) is 6.70. The number of halogens is 2. The van der Waals surface area contributed by atoms with E-state index >= 15 is 4.39 Å². The predicted octanol–water partition coefficient (Wildman–Crippen LogP) is 5.78. The maximum absolute atomic E-state index is 16.7. The minimum absolute atomic E-state index is 0.0365. The van der Waals surface area contributed by atoms with Crippen molar-refractivity contribution in [2.45, 2.75) is 50.3 Å². The Morgan fingerprint density at radius 1 is 1.05 bits per heavy atom. The van der Waals surface area contributed by atoms with Crippen molar-refractivity contribution in [3.8, 4) is 22.9 Å². The Morgan fingerprint density at radius 2 is 1.83 bits per heavy atom. The first kappa shape index (κ1) is 26.4. The lowest BCUT2D eigenvalue weighted by molar-refractivity contribution is -0.461. The summed E-state index contributed by atoms with van der Waals surface area (Å²) in [7, 11) is 4.07. The number of fused-ring (bicyclic) bond motifs is 4. The van der Waals surface area contributed by atoms with Crippen LogP contribution in [0.2, 0.25) is 5.02 Å². The number of rotatable bonds is 5. The summed E-state index contributed by atoms with van der Waals surface area (Å²) in [5.41, 5.74) is 0.909. The zero-order valence-corrected chi connectivity index (χ0v) is 24.0. The van der Waals surface area contributed by atoms with Crippen LogP contribution in [0.1, 0.15) is 32.1 Å². The van der Waals surface area contributed by atoms with Crippen molar-refractivity contribution in [2.24, 2.45) is 5.92 Å². The molecule has 3 unspecified atom stereocenters. The average Bonchev–Trinajstić information content (AvgIpc) is 3.52. The first-order valence-corrected chi connectivity index (χ1v) is 14.8. The number of phenols is 1. The van der Waals surface area contributed by atoms with E-state index in [1.54, 1.807) is 18.2 Å². The van der Waals surface area contributed by atoms with Crippen molar-refractivity contribution >= 4 is 45.3 Å². The van der Waals surface area contributed by atoms with E-state index in [-0.39, 0.29) is 34.0 Å². The second-order valence-electron chi connectivity index (χ2n) is 12.0. The molecule has 212 valence electrons. The summed E-state index contributed by atoms with van der Waals surface area (Å²) < 4.78 is 25.2. The van der Waals surface area contributed by atoms with E-state index in [0.717, 1.165) is 56.0 Å². The SMILES string of the molecule is C[N+](C)=CC1CC[C@@H](Oc2nc(N3CC4CCC(C3)N4)c3cc(Cl)c(-c4cc(O)cc5ccccc45)c(F)c3n2)C1. The molecule has 41 heavy (non-hydrogen) atoms. The van der Waals surface area contributed by atoms with Gasteiger partial charge < -0.3 is 20.1 Å². The van der Waals surface area contributed by atoms with Crippen molar-refractivity contribution in [3.05, 3.63) is 53.3 Å². The molecule has 2 saturated heterocycles. The molecule has 0 radical (unpaired) electrons. The smallest absolute Gasteiger partial charge is 0.319 e. The Morgan fingerprint density at radius 3 is 2.61 bits per heavy atom. The number of anilines is 1. The normalized spacial score (nSPS) is 23.9. The Hall–Kier alpha value is -3.49. The lowest BCUT2D eigenvalue weighted by Crippen LogP contribution is -2.51. The molecule has 3 fully saturated rings. The maximum Gasteiger partial charge on any atom is 0.319 e. The van der Waals surface area contributed by atoms with E-state index in [4.69, 9.17) is 21.3 Å². The van der Waals surface area contributed by atoms with E-state index in [1.165, 1.54) is 0 Å². The molecule has 1 aromatic heterocycles. The van der Waals surface area contributed by atoms with Gasteiger partial charge >= 0.3 is 6.01 Å². The number of nitrogens with zero attached hydrogens (tertiary/aromatic N) is 4. The minimum Gasteiger partial charge on any atom is -0.508 e. The van der Waals surface area contributed by atoms with Gasteiger partial charge in [-0.2, -0.15) is 9.97 Å². The van der Waals surface area contributed by atoms with Crippen molar-refractivity contribution in [2.75, 3.05) is 32.1 Å². The highest BCUT2D eigenvalue weighted by Gasteiger charge is 2.35. The molecule has 2 N–H and O–H groups in total. The van der Waals surface area contributed by atoms with Crippen LogP contribution in [0.5, 0.6) is 11.8 Å². The molecule has 7 nitrogen and oxygen atoms in total. The molecule has 2 aliphatic heterocycles. The van der Waals surface area contributed by atoms with Gasteiger partial charge in [-0.05, 0) is 66.6 Å². The number of benzene rings is 3. The highest BCUT2D eigenvalue weighted by Crippen LogP contribution is 2.43. The largest absolute Gasteiger partial charge is 0.508 e. The molecule has 7 rings (SSSR count). The van der Waals surface area contributed by atoms with E-state index in [9.17, 15) is 5.11 Å². The number of aromatic nitrogens is 2. The number of aromatic hydroxyl groups is 1. The van der Waals surface area contributed by atoms with Crippen LogP contribution in [0, 0.1) is 11.7 Å². The van der Waals surface area contributed by atoms with Crippen molar-refractivity contribution in [3.63, 3.8) is 0 Å². The van der Waals surface area contributed by atoms with Gasteiger partial charge in [0.25, 0.3) is 0 Å². The van der Waals surface area contributed by atoms with Crippen molar-refractivity contribution < 1.29 is 18.8 Å². The maximum atomic E-state index is 16.7. The number of ether oxygens (including phenoxy) is 1. The summed E-state index contributed by atoms with van der Waals surface area (Å²) in [5.74, 6) is 0.592. The quantitative estimate of drug-likeness (QED) is 0.233. The van der Waals surface area contributed by atoms with Crippen molar-refractivity contribution in [1.29, 1.82) is 0 Å². The van der Waals surface area contributed by atoms with Crippen molar-refractivity contribution in [1.82, 2.24) is 15.3 Å². The van der Waals surface area contributed by atoms with E-state index in [0.29, 0.717) is 34.8 Å². The van der Waals surface area contributed by atoms with Gasteiger partial charge in [-0.15, -0.1) is 0 Å². The van der Waals surface area contributed by atoms with Gasteiger partial charge in [-0.3, -0.25) is 0 Å². The molecule has 3 heterocycles. The zero-order valence-electron chi connectivity index (χ0n) is 23.3. The number of phenolic OH excluding ortho intramolecular Hbond substituents is 1. The Bertz CT molecular complexity index is 1680. The molecule has 0 amide bonds. The van der Waals surface area contributed by atoms with Gasteiger partial charge in [0, 0.05) is 42.0 Å². The third-order valence-corrected chi connectivity index (χ3v) is 8.98. The average molecular weight is 575 g/mol. The van der Waals surface area contributed by atoms with E-state index < -0.39 is 5.82 Å². The van der Waals surface area contributed by atoms with E-state index in [2.05, 4.69) is 26.0 Å². The van der Waals surface area contributed by atoms with Gasteiger partial charge in [0.15, 0.2) is 5.82 Å². The first-order valence-electron chi connectivity index (χ1n) is 14.4. The fourth-order valence-electron chi connectivity index (χ4n) is 6.96. The second kappa shape index (κ2) is 10.4. The van der Waals surface area contributed by atoms with Gasteiger partial charge in [0.1, 0.15) is 43.5 Å². The standard InChI is InChI=1S/C32H33ClFN5O2/c1-38(2)15-18-7-10-23(11-18)41-32-36-30-26(31(37-32)39-16-20-8-9-21(17-39)35-20)14-27(33)28(29(30)34)25-13-22(40)12-19-5-3-4-6-24(19)25/h3-6,12-15,18,20-21,23,35H,7-11,16-17H2,1-2H3/p+1/t18?,20?,21?,23-/m1/s1. The third-order valence-electron chi connectivity index (χ3n) is 8.68. The number of hydrogen-bond donors (Lipinski definition) is 2. The molecular weight excluding hydrogens is 541 g/mol. The third kappa shape index (κ3) is 4.97. The summed E-state index contributed by atoms with van der Waals surface area (Å²) in [4.78, 5) is 11.8. The van der Waals surface area contributed by atoms with Gasteiger partial charge in [0.2, 0.25) is 0 Å². The molecule has 3 aromatic carbocycles. The lowest BCUT2D eigenvalue weighted by atomic mass is 9.96. The van der Waals surface area contributed by atoms with Crippen LogP contribution in [0.4, 0.5) is 10.2 Å². The van der Waals surface area contributed by atoms with Crippen LogP contribution in [0.15, 0.2) is 42.5 Å². The van der Waals surface area contributed by atoms with Gasteiger partial charge in [0.05, 0.1) is 5.02 Å². The predicted molar refractivity (Wildman–Crippen MR) is 161 cm³/mol. The Labute approximate surface area is 243 Å². The van der Waals surface area contributed by atoms with Crippen LogP contribution in [0.3, 0.4) is 0 Å². The van der Waals surface area contributed by atoms with Gasteiger partial charge in [-0.25, -0.2) is 8.97 Å². The minimum atomic E-state index is -0.542. The summed E-state index contributed by atoms with van der Waals surface area (Å²) in [6.45, 7) is 1.56. The molecular formula is C32H34ClFN5O2+. The molecule has 4 aromatic rings. The summed E-state index contributed by atoms with van der Waals surface area (Å²) in [5, 5.41) is 16.6. The van der Waals surface area contributed by atoms with E-state index in [1.807, 2.05) is 38.4 Å². The summed E-state index contributed by atoms with van der Waals surface area (Å²) in [6, 6.07) is 13.5. The Balaban J connectivity index is 1.37. The fourth-order valence-corrected chi connectivity index (χ4v) is 7.25. The van der Waals surface area contributed by atoms with Crippen LogP contribution in [-0.4, -0.2) is 71.2 Å². The number of nitrogens with one attached hydrogen (secondary N) is 1. The molecule has 9 heteroatoms. The summed E-state index contributed by atoms with van der Waals surface area (Å²) >= 11 is 6.86. The highest BCUT2D eigenvalue weighted by atomic mass is 35.5. The molecule has 1 aliphatic carbocycles. The summed E-state index contributed by atoms with van der Waals surface area (Å²) in [6.07, 6.45) is 7.21. The topological polar surface area (TPSA) is 73.5 Å². The molecule has 4 atom stereocenters. The van der Waals surface area contributed by atoms with Crippen LogP contribution in [0.25, 0.3) is 32.8 Å². The zero-order chi connectivity index (χ0) is 28.2. The number of hydrogen-bond acceptors (Lipinski definition) is 6. The molecule has 3 aliphatic rings.